The van der Waals surface area contributed by atoms with Crippen LogP contribution in [0.15, 0.2) is 64.0 Å². The van der Waals surface area contributed by atoms with Crippen molar-refractivity contribution in [2.24, 2.45) is 5.92 Å². The van der Waals surface area contributed by atoms with Crippen LogP contribution < -0.4 is 10.2 Å². The van der Waals surface area contributed by atoms with Crippen LogP contribution >= 0.6 is 0 Å². The van der Waals surface area contributed by atoms with Gasteiger partial charge in [0.2, 0.25) is 5.43 Å². The first-order chi connectivity index (χ1) is 14.1. The molecular weight excluding hydrogens is 368 g/mol. The molecule has 2 aliphatic rings. The summed E-state index contributed by atoms with van der Waals surface area (Å²) in [7, 11) is 0. The van der Waals surface area contributed by atoms with Gasteiger partial charge < -0.3 is 14.3 Å². The zero-order valence-corrected chi connectivity index (χ0v) is 15.8. The SMILES string of the molecule is O=C1C[C@H]([C@H]2CC=CCC2)c2c(cc(O)c3c(=O)c(-c4ccccc4)coc23)O1. The lowest BCUT2D eigenvalue weighted by atomic mass is 9.75. The van der Waals surface area contributed by atoms with Gasteiger partial charge in [-0.3, -0.25) is 9.59 Å². The van der Waals surface area contributed by atoms with E-state index in [-0.39, 0.29) is 40.8 Å². The van der Waals surface area contributed by atoms with Crippen molar-refractivity contribution in [1.29, 1.82) is 0 Å². The number of benzene rings is 2. The predicted molar refractivity (Wildman–Crippen MR) is 109 cm³/mol. The molecule has 3 aromatic rings. The summed E-state index contributed by atoms with van der Waals surface area (Å²) in [5.74, 6) is -0.105. The number of hydrogen-bond acceptors (Lipinski definition) is 5. The highest BCUT2D eigenvalue weighted by atomic mass is 16.5. The number of phenols is 1. The minimum atomic E-state index is -0.320. The van der Waals surface area contributed by atoms with Crippen LogP contribution in [0.1, 0.15) is 37.2 Å². The Morgan fingerprint density at radius 1 is 1.07 bits per heavy atom. The highest BCUT2D eigenvalue weighted by molar-refractivity contribution is 5.93. The zero-order valence-electron chi connectivity index (χ0n) is 15.8. The highest BCUT2D eigenvalue weighted by Gasteiger charge is 2.36. The van der Waals surface area contributed by atoms with Crippen molar-refractivity contribution in [2.45, 2.75) is 31.6 Å². The van der Waals surface area contributed by atoms with Gasteiger partial charge in [-0.25, -0.2) is 0 Å². The van der Waals surface area contributed by atoms with Gasteiger partial charge >= 0.3 is 5.97 Å². The third-order valence-electron chi connectivity index (χ3n) is 5.97. The lowest BCUT2D eigenvalue weighted by Gasteiger charge is -2.32. The van der Waals surface area contributed by atoms with Crippen LogP contribution in [-0.4, -0.2) is 11.1 Å². The van der Waals surface area contributed by atoms with E-state index in [1.165, 1.54) is 12.3 Å². The Kier molecular flexibility index (Phi) is 4.23. The van der Waals surface area contributed by atoms with Crippen LogP contribution in [0.25, 0.3) is 22.1 Å². The number of carbonyl (C=O) groups excluding carboxylic acids is 1. The van der Waals surface area contributed by atoms with E-state index in [4.69, 9.17) is 9.15 Å². The molecule has 0 saturated carbocycles. The van der Waals surface area contributed by atoms with Crippen molar-refractivity contribution in [2.75, 3.05) is 0 Å². The van der Waals surface area contributed by atoms with Gasteiger partial charge in [-0.15, -0.1) is 0 Å². The van der Waals surface area contributed by atoms with E-state index in [0.717, 1.165) is 30.4 Å². The molecule has 0 radical (unpaired) electrons. The molecule has 5 nitrogen and oxygen atoms in total. The van der Waals surface area contributed by atoms with E-state index in [1.54, 1.807) is 0 Å². The van der Waals surface area contributed by atoms with Gasteiger partial charge in [0.15, 0.2) is 0 Å². The molecule has 0 spiro atoms. The average molecular weight is 388 g/mol. The Hall–Kier alpha value is -3.34. The summed E-state index contributed by atoms with van der Waals surface area (Å²) < 4.78 is 11.4. The van der Waals surface area contributed by atoms with Gasteiger partial charge in [0.25, 0.3) is 0 Å². The number of hydrogen-bond donors (Lipinski definition) is 1. The third-order valence-corrected chi connectivity index (χ3v) is 5.97. The summed E-state index contributed by atoms with van der Waals surface area (Å²) in [6.07, 6.45) is 8.77. The molecule has 1 N–H and O–H groups in total. The number of phenolic OH excluding ortho intramolecular Hbond substituents is 1. The fourth-order valence-electron chi connectivity index (χ4n) is 4.57. The summed E-state index contributed by atoms with van der Waals surface area (Å²) >= 11 is 0. The molecule has 5 heteroatoms. The third kappa shape index (κ3) is 2.94. The molecule has 146 valence electrons. The number of ether oxygens (including phenoxy) is 1. The van der Waals surface area contributed by atoms with Gasteiger partial charge in [-0.05, 0) is 30.7 Å². The highest BCUT2D eigenvalue weighted by Crippen LogP contribution is 2.48. The van der Waals surface area contributed by atoms with Crippen LogP contribution in [-0.2, 0) is 4.79 Å². The molecule has 0 bridgehead atoms. The molecule has 1 aliphatic carbocycles. The largest absolute Gasteiger partial charge is 0.507 e. The fraction of sp³-hybridized carbons (Fsp3) is 0.250. The molecule has 0 fully saturated rings. The van der Waals surface area contributed by atoms with Gasteiger partial charge in [0.05, 0.1) is 12.0 Å². The molecule has 1 aromatic heterocycles. The lowest BCUT2D eigenvalue weighted by molar-refractivity contribution is -0.136. The second kappa shape index (κ2) is 6.92. The molecule has 5 rings (SSSR count). The molecule has 0 amide bonds. The number of rotatable bonds is 2. The van der Waals surface area contributed by atoms with Crippen molar-refractivity contribution in [3.63, 3.8) is 0 Å². The van der Waals surface area contributed by atoms with E-state index in [0.29, 0.717) is 16.9 Å². The number of carbonyl (C=O) groups is 1. The first-order valence-electron chi connectivity index (χ1n) is 9.86. The van der Waals surface area contributed by atoms with Gasteiger partial charge in [-0.2, -0.15) is 0 Å². The Morgan fingerprint density at radius 2 is 1.90 bits per heavy atom. The van der Waals surface area contributed by atoms with Crippen LogP contribution in [0.3, 0.4) is 0 Å². The second-order valence-electron chi connectivity index (χ2n) is 7.69. The number of allylic oxidation sites excluding steroid dienone is 2. The minimum Gasteiger partial charge on any atom is -0.507 e. The van der Waals surface area contributed by atoms with Crippen molar-refractivity contribution in [3.05, 3.63) is 70.6 Å². The van der Waals surface area contributed by atoms with E-state index >= 15 is 0 Å². The van der Waals surface area contributed by atoms with Crippen LogP contribution in [0.5, 0.6) is 11.5 Å². The maximum atomic E-state index is 13.2. The van der Waals surface area contributed by atoms with E-state index in [9.17, 15) is 14.7 Å². The smallest absolute Gasteiger partial charge is 0.311 e. The maximum absolute atomic E-state index is 13.2. The summed E-state index contributed by atoms with van der Waals surface area (Å²) in [6, 6.07) is 10.6. The molecule has 0 saturated heterocycles. The molecule has 1 aliphatic heterocycles. The van der Waals surface area contributed by atoms with Crippen molar-refractivity contribution in [1.82, 2.24) is 0 Å². The van der Waals surface area contributed by atoms with E-state index in [2.05, 4.69) is 12.2 Å². The predicted octanol–water partition coefficient (Wildman–Crippen LogP) is 4.91. The quantitative estimate of drug-likeness (QED) is 0.383. The molecule has 0 unspecified atom stereocenters. The Bertz CT molecular complexity index is 1190. The number of esters is 1. The summed E-state index contributed by atoms with van der Waals surface area (Å²) in [6.45, 7) is 0. The molecule has 2 atom stereocenters. The molecule has 2 aromatic carbocycles. The summed E-state index contributed by atoms with van der Waals surface area (Å²) in [4.78, 5) is 25.5. The monoisotopic (exact) mass is 388 g/mol. The first kappa shape index (κ1) is 17.7. The normalized spacial score (nSPS) is 21.0. The topological polar surface area (TPSA) is 76.7 Å². The molecular formula is C24H20O5. The minimum absolute atomic E-state index is 0.106. The fourth-order valence-corrected chi connectivity index (χ4v) is 4.57. The van der Waals surface area contributed by atoms with Crippen LogP contribution in [0.4, 0.5) is 0 Å². The van der Waals surface area contributed by atoms with Gasteiger partial charge in [-0.1, -0.05) is 42.5 Å². The second-order valence-corrected chi connectivity index (χ2v) is 7.69. The van der Waals surface area contributed by atoms with E-state index in [1.807, 2.05) is 30.3 Å². The van der Waals surface area contributed by atoms with Crippen molar-refractivity contribution >= 4 is 16.9 Å². The first-order valence-corrected chi connectivity index (χ1v) is 9.86. The Balaban J connectivity index is 1.75. The maximum Gasteiger partial charge on any atom is 0.311 e. The van der Waals surface area contributed by atoms with Crippen LogP contribution in [0.2, 0.25) is 0 Å². The lowest BCUT2D eigenvalue weighted by Crippen LogP contribution is -2.26. The Morgan fingerprint density at radius 3 is 2.66 bits per heavy atom. The Labute approximate surface area is 167 Å². The summed E-state index contributed by atoms with van der Waals surface area (Å²) in [5.41, 5.74) is 1.85. The van der Waals surface area contributed by atoms with Crippen LogP contribution in [0, 0.1) is 5.92 Å². The van der Waals surface area contributed by atoms with Gasteiger partial charge in [0, 0.05) is 17.5 Å². The van der Waals surface area contributed by atoms with Crippen molar-refractivity contribution < 1.29 is 19.1 Å². The van der Waals surface area contributed by atoms with Gasteiger partial charge in [0.1, 0.15) is 28.7 Å². The number of fused-ring (bicyclic) bond motifs is 3. The number of aromatic hydroxyl groups is 1. The standard InChI is InChI=1S/C24H20O5/c25-18-12-19-21(16(11-20(26)29-19)14-7-3-1-4-8-14)24-22(18)23(27)17(13-28-24)15-9-5-2-6-10-15/h1-3,5-6,9-10,12-14,16,25H,4,7-8,11H2/t14-,16+/m0/s1. The molecule has 2 heterocycles. The molecule has 29 heavy (non-hydrogen) atoms. The van der Waals surface area contributed by atoms with Crippen molar-refractivity contribution in [3.8, 4) is 22.6 Å². The average Bonchev–Trinajstić information content (AvgIpc) is 2.74. The zero-order chi connectivity index (χ0) is 20.0. The summed E-state index contributed by atoms with van der Waals surface area (Å²) in [5, 5.41) is 10.7. The van der Waals surface area contributed by atoms with E-state index < -0.39 is 0 Å².